The van der Waals surface area contributed by atoms with Gasteiger partial charge in [-0.15, -0.1) is 0 Å². The van der Waals surface area contributed by atoms with Crippen LogP contribution in [-0.2, 0) is 22.6 Å². The smallest absolute Gasteiger partial charge is 0.262 e. The number of fused-ring (bicyclic) bond motifs is 1. The predicted octanol–water partition coefficient (Wildman–Crippen LogP) is 3.06. The number of pyridine rings is 1. The Kier molecular flexibility index (Phi) is 6.78. The summed E-state index contributed by atoms with van der Waals surface area (Å²) in [6.45, 7) is -0.0902. The molecule has 0 fully saturated rings. The summed E-state index contributed by atoms with van der Waals surface area (Å²) >= 11 is 7.30. The van der Waals surface area contributed by atoms with Gasteiger partial charge in [0, 0.05) is 34.8 Å². The van der Waals surface area contributed by atoms with Crippen molar-refractivity contribution in [2.24, 2.45) is 0 Å². The second-order valence-corrected chi connectivity index (χ2v) is 8.44. The fourth-order valence-corrected chi connectivity index (χ4v) is 4.52. The molecule has 1 aromatic carbocycles. The fraction of sp³-hybridized carbons (Fsp3) is 0.400. The Morgan fingerprint density at radius 3 is 2.86 bits per heavy atom. The maximum atomic E-state index is 15.9. The molecule has 1 aliphatic rings. The molecular weight excluding hydrogens is 422 g/mol. The topological polar surface area (TPSA) is 82.5 Å². The van der Waals surface area contributed by atoms with Gasteiger partial charge in [-0.2, -0.15) is 11.8 Å². The Balaban J connectivity index is 1.81. The summed E-state index contributed by atoms with van der Waals surface area (Å²) < 4.78 is 29.0. The SMILES string of the molecule is O=C(NCc1ccc(F)cc1Cl)[C@]1(F)CC[C@@](O)(CSCCO)c2ncccc21. The summed E-state index contributed by atoms with van der Waals surface area (Å²) in [6.07, 6.45) is 1.24. The van der Waals surface area contributed by atoms with Crippen LogP contribution in [0.3, 0.4) is 0 Å². The van der Waals surface area contributed by atoms with Gasteiger partial charge in [-0.3, -0.25) is 9.78 Å². The monoisotopic (exact) mass is 442 g/mol. The van der Waals surface area contributed by atoms with Crippen LogP contribution in [0.25, 0.3) is 0 Å². The highest BCUT2D eigenvalue weighted by Gasteiger charge is 2.51. The molecule has 5 nitrogen and oxygen atoms in total. The number of hydrogen-bond acceptors (Lipinski definition) is 5. The molecule has 0 spiro atoms. The van der Waals surface area contributed by atoms with Gasteiger partial charge in [0.05, 0.1) is 12.3 Å². The first kappa shape index (κ1) is 22.0. The Bertz CT molecular complexity index is 904. The summed E-state index contributed by atoms with van der Waals surface area (Å²) in [5.41, 5.74) is -3.12. The molecule has 3 rings (SSSR count). The van der Waals surface area contributed by atoms with E-state index in [1.54, 1.807) is 0 Å². The highest BCUT2D eigenvalue weighted by molar-refractivity contribution is 7.99. The van der Waals surface area contributed by atoms with Crippen molar-refractivity contribution in [3.05, 3.63) is 64.2 Å². The predicted molar refractivity (Wildman–Crippen MR) is 108 cm³/mol. The molecule has 9 heteroatoms. The maximum absolute atomic E-state index is 15.9. The van der Waals surface area contributed by atoms with E-state index in [-0.39, 0.29) is 48.0 Å². The standard InChI is InChI=1S/C20H21ClF2N2O3S/c21-16-10-14(22)4-3-13(16)11-25-18(27)20(23)6-5-19(28,12-29-9-8-26)17-15(20)2-1-7-24-17/h1-4,7,10,26,28H,5-6,8-9,11-12H2,(H,25,27)/t19-,20+/m1/s1. The quantitative estimate of drug-likeness (QED) is 0.574. The average molecular weight is 443 g/mol. The molecule has 1 heterocycles. The molecule has 0 saturated carbocycles. The number of amides is 1. The molecule has 1 aromatic heterocycles. The lowest BCUT2D eigenvalue weighted by atomic mass is 9.75. The van der Waals surface area contributed by atoms with Gasteiger partial charge in [0.1, 0.15) is 11.4 Å². The first-order valence-electron chi connectivity index (χ1n) is 9.08. The Morgan fingerprint density at radius 1 is 1.34 bits per heavy atom. The van der Waals surface area contributed by atoms with Gasteiger partial charge in [0.25, 0.3) is 5.91 Å². The zero-order valence-electron chi connectivity index (χ0n) is 15.5. The molecule has 3 N–H and O–H groups in total. The van der Waals surface area contributed by atoms with Crippen molar-refractivity contribution in [1.82, 2.24) is 10.3 Å². The summed E-state index contributed by atoms with van der Waals surface area (Å²) in [6, 6.07) is 6.73. The van der Waals surface area contributed by atoms with E-state index in [4.69, 9.17) is 16.7 Å². The van der Waals surface area contributed by atoms with Crippen molar-refractivity contribution in [3.8, 4) is 0 Å². The third-order valence-electron chi connectivity index (χ3n) is 4.95. The fourth-order valence-electron chi connectivity index (χ4n) is 3.39. The van der Waals surface area contributed by atoms with Gasteiger partial charge >= 0.3 is 0 Å². The first-order chi connectivity index (χ1) is 13.8. The van der Waals surface area contributed by atoms with Crippen molar-refractivity contribution in [1.29, 1.82) is 0 Å². The maximum Gasteiger partial charge on any atom is 0.262 e. The number of nitrogens with one attached hydrogen (secondary N) is 1. The van der Waals surface area contributed by atoms with E-state index < -0.39 is 23.0 Å². The zero-order valence-corrected chi connectivity index (χ0v) is 17.1. The Hall–Kier alpha value is -1.74. The minimum absolute atomic E-state index is 0.0106. The van der Waals surface area contributed by atoms with Crippen molar-refractivity contribution >= 4 is 29.3 Å². The number of hydrogen-bond donors (Lipinski definition) is 3. The largest absolute Gasteiger partial charge is 0.396 e. The molecule has 2 aromatic rings. The Labute approximate surface area is 176 Å². The van der Waals surface area contributed by atoms with E-state index in [1.807, 2.05) is 0 Å². The number of halogens is 3. The van der Waals surface area contributed by atoms with Crippen LogP contribution in [0.4, 0.5) is 8.78 Å². The van der Waals surface area contributed by atoms with Crippen LogP contribution in [0.1, 0.15) is 29.7 Å². The number of aromatic nitrogens is 1. The normalized spacial score (nSPS) is 23.5. The first-order valence-corrected chi connectivity index (χ1v) is 10.6. The van der Waals surface area contributed by atoms with Gasteiger partial charge in [-0.05, 0) is 36.6 Å². The number of nitrogens with zero attached hydrogens (tertiary/aromatic N) is 1. The van der Waals surface area contributed by atoms with Gasteiger partial charge in [0.2, 0.25) is 5.67 Å². The van der Waals surface area contributed by atoms with Gasteiger partial charge in [0.15, 0.2) is 0 Å². The van der Waals surface area contributed by atoms with Crippen molar-refractivity contribution in [2.75, 3.05) is 18.1 Å². The van der Waals surface area contributed by atoms with Gasteiger partial charge in [-0.25, -0.2) is 8.78 Å². The number of carbonyl (C=O) groups excluding carboxylic acids is 1. The van der Waals surface area contributed by atoms with E-state index in [0.29, 0.717) is 11.3 Å². The number of thioether (sulfide) groups is 1. The van der Waals surface area contributed by atoms with Gasteiger partial charge < -0.3 is 15.5 Å². The number of aliphatic hydroxyl groups is 2. The molecule has 0 saturated heterocycles. The van der Waals surface area contributed by atoms with Crippen LogP contribution in [0, 0.1) is 5.82 Å². The molecule has 0 bridgehead atoms. The van der Waals surface area contributed by atoms with Crippen molar-refractivity contribution in [3.63, 3.8) is 0 Å². The lowest BCUT2D eigenvalue weighted by molar-refractivity contribution is -0.136. The van der Waals surface area contributed by atoms with Crippen LogP contribution in [0.2, 0.25) is 5.02 Å². The lowest BCUT2D eigenvalue weighted by Gasteiger charge is -2.39. The van der Waals surface area contributed by atoms with E-state index >= 15 is 4.39 Å². The molecule has 156 valence electrons. The number of benzene rings is 1. The van der Waals surface area contributed by atoms with Crippen LogP contribution in [-0.4, -0.2) is 39.2 Å². The highest BCUT2D eigenvalue weighted by atomic mass is 35.5. The second kappa shape index (κ2) is 8.95. The molecular formula is C20H21ClF2N2O3S. The number of alkyl halides is 1. The molecule has 2 atom stereocenters. The molecule has 1 aliphatic carbocycles. The summed E-state index contributed by atoms with van der Waals surface area (Å²) in [4.78, 5) is 16.9. The molecule has 0 radical (unpaired) electrons. The number of aliphatic hydroxyl groups excluding tert-OH is 1. The van der Waals surface area contributed by atoms with Crippen LogP contribution >= 0.6 is 23.4 Å². The van der Waals surface area contributed by atoms with Crippen LogP contribution in [0.5, 0.6) is 0 Å². The van der Waals surface area contributed by atoms with Crippen LogP contribution < -0.4 is 5.32 Å². The second-order valence-electron chi connectivity index (χ2n) is 6.93. The molecule has 0 aliphatic heterocycles. The minimum atomic E-state index is -2.36. The van der Waals surface area contributed by atoms with E-state index in [2.05, 4.69) is 10.3 Å². The number of rotatable bonds is 7. The Morgan fingerprint density at radius 2 is 2.14 bits per heavy atom. The number of carbonyl (C=O) groups is 1. The lowest BCUT2D eigenvalue weighted by Crippen LogP contribution is -2.48. The van der Waals surface area contributed by atoms with Gasteiger partial charge in [-0.1, -0.05) is 23.7 Å². The molecule has 1 amide bonds. The van der Waals surface area contributed by atoms with Crippen molar-refractivity contribution < 1.29 is 23.8 Å². The molecule has 29 heavy (non-hydrogen) atoms. The van der Waals surface area contributed by atoms with Crippen LogP contribution in [0.15, 0.2) is 36.5 Å². The van der Waals surface area contributed by atoms with E-state index in [1.165, 1.54) is 42.2 Å². The van der Waals surface area contributed by atoms with E-state index in [0.717, 1.165) is 6.07 Å². The van der Waals surface area contributed by atoms with E-state index in [9.17, 15) is 14.3 Å². The zero-order chi connectivity index (χ0) is 21.1. The van der Waals surface area contributed by atoms with Crippen molar-refractivity contribution in [2.45, 2.75) is 30.7 Å². The summed E-state index contributed by atoms with van der Waals surface area (Å²) in [5.74, 6) is -0.695. The highest BCUT2D eigenvalue weighted by Crippen LogP contribution is 2.46. The third kappa shape index (κ3) is 4.55. The minimum Gasteiger partial charge on any atom is -0.396 e. The summed E-state index contributed by atoms with van der Waals surface area (Å²) in [7, 11) is 0. The molecule has 0 unspecified atom stereocenters. The third-order valence-corrected chi connectivity index (χ3v) is 6.45. The average Bonchev–Trinajstić information content (AvgIpc) is 2.71. The summed E-state index contributed by atoms with van der Waals surface area (Å²) in [5, 5.41) is 22.6.